The van der Waals surface area contributed by atoms with Gasteiger partial charge in [-0.05, 0) is 28.8 Å². The van der Waals surface area contributed by atoms with Crippen LogP contribution in [0.15, 0.2) is 66.6 Å². The van der Waals surface area contributed by atoms with Crippen molar-refractivity contribution >= 4 is 22.7 Å². The zero-order valence-electron chi connectivity index (χ0n) is 17.2. The fraction of sp³-hybridized carbons (Fsp3) is 0.250. The lowest BCUT2D eigenvalue weighted by molar-refractivity contribution is -0.148. The summed E-state index contributed by atoms with van der Waals surface area (Å²) in [4.78, 5) is 24.0. The number of para-hydroxylation sites is 1. The van der Waals surface area contributed by atoms with Gasteiger partial charge >= 0.3 is 0 Å². The third-order valence-corrected chi connectivity index (χ3v) is 5.42. The Kier molecular flexibility index (Phi) is 5.88. The Morgan fingerprint density at radius 2 is 1.87 bits per heavy atom. The largest absolute Gasteiger partial charge is 0.459 e. The number of nitrogens with two attached hydrogens (primary N) is 1. The van der Waals surface area contributed by atoms with Crippen LogP contribution >= 0.6 is 0 Å². The van der Waals surface area contributed by atoms with E-state index in [-0.39, 0.29) is 30.8 Å². The van der Waals surface area contributed by atoms with Crippen LogP contribution in [0.25, 0.3) is 10.9 Å². The number of hydrogen-bond acceptors (Lipinski definition) is 5. The van der Waals surface area contributed by atoms with Gasteiger partial charge in [-0.2, -0.15) is 0 Å². The molecule has 31 heavy (non-hydrogen) atoms. The standard InChI is InChI=1S/C24H24N2O5/c1-15(28)26-12-20(19-4-2-3-5-21(19)26)18-10-22(24(25)29)31-23(11-18)30-14-17-8-6-16(13-27)7-9-17/h2-10,12,18,23,27H,11,13-14H2,1H3,(H2,25,29)/t18-,23+/m0/s1. The summed E-state index contributed by atoms with van der Waals surface area (Å²) in [7, 11) is 0. The van der Waals surface area contributed by atoms with E-state index in [2.05, 4.69) is 0 Å². The maximum absolute atomic E-state index is 12.1. The molecule has 0 unspecified atom stereocenters. The van der Waals surface area contributed by atoms with Gasteiger partial charge in [0.05, 0.1) is 18.7 Å². The summed E-state index contributed by atoms with van der Waals surface area (Å²) < 4.78 is 13.2. The number of hydrogen-bond donors (Lipinski definition) is 2. The van der Waals surface area contributed by atoms with Crippen LogP contribution in [0.4, 0.5) is 0 Å². The lowest BCUT2D eigenvalue weighted by Crippen LogP contribution is -2.29. The summed E-state index contributed by atoms with van der Waals surface area (Å²) in [5.41, 5.74) is 8.96. The molecule has 7 nitrogen and oxygen atoms in total. The second-order valence-electron chi connectivity index (χ2n) is 7.56. The van der Waals surface area contributed by atoms with Crippen molar-refractivity contribution in [1.29, 1.82) is 0 Å². The van der Waals surface area contributed by atoms with Gasteiger partial charge in [0.2, 0.25) is 12.2 Å². The number of aliphatic hydroxyl groups is 1. The van der Waals surface area contributed by atoms with Crippen LogP contribution < -0.4 is 5.73 Å². The Balaban J connectivity index is 1.60. The average Bonchev–Trinajstić information content (AvgIpc) is 3.18. The number of allylic oxidation sites excluding steroid dienone is 1. The Labute approximate surface area is 179 Å². The van der Waals surface area contributed by atoms with Crippen LogP contribution in [0, 0.1) is 0 Å². The molecule has 0 spiro atoms. The minimum atomic E-state index is -0.672. The SMILES string of the molecule is CC(=O)n1cc([C@H]2C=C(C(N)=O)O[C@@H](OCc3ccc(CO)cc3)C2)c2ccccc21. The molecule has 160 valence electrons. The molecule has 2 heterocycles. The lowest BCUT2D eigenvalue weighted by atomic mass is 9.92. The van der Waals surface area contributed by atoms with Crippen molar-refractivity contribution in [2.75, 3.05) is 0 Å². The molecule has 2 aromatic carbocycles. The quantitative estimate of drug-likeness (QED) is 0.637. The first-order valence-corrected chi connectivity index (χ1v) is 10.1. The van der Waals surface area contributed by atoms with Crippen LogP contribution in [0.3, 0.4) is 0 Å². The maximum Gasteiger partial charge on any atom is 0.283 e. The van der Waals surface area contributed by atoms with E-state index in [1.54, 1.807) is 10.6 Å². The van der Waals surface area contributed by atoms with Crippen LogP contribution in [0.1, 0.15) is 40.7 Å². The van der Waals surface area contributed by atoms with Crippen LogP contribution in [0.2, 0.25) is 0 Å². The van der Waals surface area contributed by atoms with E-state index in [4.69, 9.17) is 20.3 Å². The number of ether oxygens (including phenoxy) is 2. The number of primary amides is 1. The van der Waals surface area contributed by atoms with Gasteiger partial charge in [0.15, 0.2) is 5.76 Å². The van der Waals surface area contributed by atoms with Crippen molar-refractivity contribution < 1.29 is 24.2 Å². The van der Waals surface area contributed by atoms with Gasteiger partial charge in [-0.1, -0.05) is 42.5 Å². The Morgan fingerprint density at radius 3 is 2.55 bits per heavy atom. The molecule has 7 heteroatoms. The highest BCUT2D eigenvalue weighted by Crippen LogP contribution is 2.36. The number of amides is 1. The zero-order chi connectivity index (χ0) is 22.0. The molecule has 1 aliphatic rings. The fourth-order valence-corrected chi connectivity index (χ4v) is 3.84. The third-order valence-electron chi connectivity index (χ3n) is 5.42. The smallest absolute Gasteiger partial charge is 0.283 e. The molecule has 3 aromatic rings. The van der Waals surface area contributed by atoms with Crippen LogP contribution in [0.5, 0.6) is 0 Å². The Hall–Kier alpha value is -3.42. The number of nitrogens with zero attached hydrogens (tertiary/aromatic N) is 1. The van der Waals surface area contributed by atoms with E-state index >= 15 is 0 Å². The van der Waals surface area contributed by atoms with Crippen LogP contribution in [-0.2, 0) is 27.5 Å². The zero-order valence-corrected chi connectivity index (χ0v) is 17.2. The number of benzene rings is 2. The second-order valence-corrected chi connectivity index (χ2v) is 7.56. The van der Waals surface area contributed by atoms with E-state index < -0.39 is 12.2 Å². The minimum Gasteiger partial charge on any atom is -0.459 e. The molecule has 1 aliphatic heterocycles. The normalized spacial score (nSPS) is 18.5. The first-order valence-electron chi connectivity index (χ1n) is 10.1. The van der Waals surface area contributed by atoms with Gasteiger partial charge in [-0.3, -0.25) is 14.2 Å². The highest BCUT2D eigenvalue weighted by Gasteiger charge is 2.30. The molecule has 0 fully saturated rings. The van der Waals surface area contributed by atoms with E-state index in [9.17, 15) is 9.59 Å². The molecule has 3 N–H and O–H groups in total. The summed E-state index contributed by atoms with van der Waals surface area (Å²) >= 11 is 0. The molecule has 0 aliphatic carbocycles. The average molecular weight is 420 g/mol. The molecular formula is C24H24N2O5. The van der Waals surface area contributed by atoms with Crippen LogP contribution in [-0.4, -0.2) is 27.8 Å². The highest BCUT2D eigenvalue weighted by atomic mass is 16.7. The summed E-state index contributed by atoms with van der Waals surface area (Å²) in [6.45, 7) is 1.78. The summed E-state index contributed by atoms with van der Waals surface area (Å²) in [5, 5.41) is 10.1. The molecule has 0 saturated heterocycles. The molecule has 0 radical (unpaired) electrons. The predicted octanol–water partition coefficient (Wildman–Crippen LogP) is 3.21. The van der Waals surface area contributed by atoms with Gasteiger partial charge in [0, 0.05) is 30.8 Å². The molecule has 1 amide bonds. The first-order chi connectivity index (χ1) is 15.0. The summed E-state index contributed by atoms with van der Waals surface area (Å²) in [5.74, 6) is -0.909. The summed E-state index contributed by atoms with van der Waals surface area (Å²) in [6, 6.07) is 15.0. The Morgan fingerprint density at radius 1 is 1.16 bits per heavy atom. The number of rotatable bonds is 6. The Bertz CT molecular complexity index is 1150. The number of aliphatic hydroxyl groups excluding tert-OH is 1. The number of aromatic nitrogens is 1. The van der Waals surface area contributed by atoms with Gasteiger partial charge < -0.3 is 20.3 Å². The topological polar surface area (TPSA) is 104 Å². The van der Waals surface area contributed by atoms with Crippen molar-refractivity contribution in [2.24, 2.45) is 5.73 Å². The second kappa shape index (κ2) is 8.75. The highest BCUT2D eigenvalue weighted by molar-refractivity contribution is 5.94. The van der Waals surface area contributed by atoms with E-state index in [1.807, 2.05) is 54.7 Å². The van der Waals surface area contributed by atoms with Gasteiger partial charge in [-0.15, -0.1) is 0 Å². The molecule has 1 aromatic heterocycles. The first kappa shape index (κ1) is 20.8. The van der Waals surface area contributed by atoms with E-state index in [0.29, 0.717) is 6.42 Å². The maximum atomic E-state index is 12.1. The molecular weight excluding hydrogens is 396 g/mol. The fourth-order valence-electron chi connectivity index (χ4n) is 3.84. The van der Waals surface area contributed by atoms with Gasteiger partial charge in [0.1, 0.15) is 0 Å². The monoisotopic (exact) mass is 420 g/mol. The van der Waals surface area contributed by atoms with Crippen molar-refractivity contribution in [3.63, 3.8) is 0 Å². The third kappa shape index (κ3) is 4.38. The van der Waals surface area contributed by atoms with Crippen molar-refractivity contribution in [3.05, 3.63) is 83.3 Å². The predicted molar refractivity (Wildman–Crippen MR) is 115 cm³/mol. The minimum absolute atomic E-state index is 0.0187. The lowest BCUT2D eigenvalue weighted by Gasteiger charge is -2.28. The van der Waals surface area contributed by atoms with Gasteiger partial charge in [0.25, 0.3) is 5.91 Å². The van der Waals surface area contributed by atoms with E-state index in [0.717, 1.165) is 27.6 Å². The molecule has 4 rings (SSSR count). The van der Waals surface area contributed by atoms with Crippen molar-refractivity contribution in [3.8, 4) is 0 Å². The van der Waals surface area contributed by atoms with Crippen molar-refractivity contribution in [1.82, 2.24) is 4.57 Å². The molecule has 0 saturated carbocycles. The molecule has 2 atom stereocenters. The number of carbonyl (C=O) groups is 2. The summed E-state index contributed by atoms with van der Waals surface area (Å²) in [6.07, 6.45) is 3.31. The number of fused-ring (bicyclic) bond motifs is 1. The van der Waals surface area contributed by atoms with E-state index in [1.165, 1.54) is 6.92 Å². The van der Waals surface area contributed by atoms with Crippen molar-refractivity contribution in [2.45, 2.75) is 38.8 Å². The number of carbonyl (C=O) groups excluding carboxylic acids is 2. The molecule has 0 bridgehead atoms. The van der Waals surface area contributed by atoms with Gasteiger partial charge in [-0.25, -0.2) is 0 Å².